The quantitative estimate of drug-likeness (QED) is 0.792. The van der Waals surface area contributed by atoms with Crippen molar-refractivity contribution in [3.05, 3.63) is 48.2 Å². The highest BCUT2D eigenvalue weighted by Crippen LogP contribution is 2.17. The van der Waals surface area contributed by atoms with Gasteiger partial charge in [-0.1, -0.05) is 13.8 Å². The van der Waals surface area contributed by atoms with Crippen LogP contribution in [-0.2, 0) is 9.53 Å². The molecule has 0 spiro atoms. The molecule has 1 aromatic carbocycles. The summed E-state index contributed by atoms with van der Waals surface area (Å²) < 4.78 is 4.94. The Morgan fingerprint density at radius 3 is 2.29 bits per heavy atom. The van der Waals surface area contributed by atoms with Crippen molar-refractivity contribution in [3.63, 3.8) is 0 Å². The van der Waals surface area contributed by atoms with E-state index in [2.05, 4.69) is 15.6 Å². The minimum absolute atomic E-state index is 0.0490. The van der Waals surface area contributed by atoms with Crippen molar-refractivity contribution < 1.29 is 14.3 Å². The number of rotatable bonds is 6. The lowest BCUT2D eigenvalue weighted by Gasteiger charge is -2.09. The van der Waals surface area contributed by atoms with Gasteiger partial charge in [-0.15, -0.1) is 0 Å². The summed E-state index contributed by atoms with van der Waals surface area (Å²) in [6.07, 6.45) is 1.59. The lowest BCUT2D eigenvalue weighted by atomic mass is 10.2. The predicted molar refractivity (Wildman–Crippen MR) is 93.4 cm³/mol. The highest BCUT2D eigenvalue weighted by molar-refractivity contribution is 5.92. The molecule has 6 heteroatoms. The first-order chi connectivity index (χ1) is 11.5. The topological polar surface area (TPSA) is 80.3 Å². The molecule has 0 aliphatic rings. The number of nitrogens with one attached hydrogen (secondary N) is 2. The Labute approximate surface area is 141 Å². The van der Waals surface area contributed by atoms with E-state index in [0.29, 0.717) is 23.7 Å². The molecule has 24 heavy (non-hydrogen) atoms. The van der Waals surface area contributed by atoms with Gasteiger partial charge in [-0.2, -0.15) is 0 Å². The molecule has 0 atom stereocenters. The van der Waals surface area contributed by atoms with Crippen LogP contribution in [0, 0.1) is 5.92 Å². The number of carbonyl (C=O) groups is 2. The number of esters is 1. The highest BCUT2D eigenvalue weighted by Gasteiger charge is 2.08. The lowest BCUT2D eigenvalue weighted by Crippen LogP contribution is -2.17. The van der Waals surface area contributed by atoms with Crippen LogP contribution in [0.4, 0.5) is 17.2 Å². The van der Waals surface area contributed by atoms with Crippen molar-refractivity contribution in [2.75, 3.05) is 17.2 Å². The smallest absolute Gasteiger partial charge is 0.338 e. The molecule has 0 saturated carbocycles. The van der Waals surface area contributed by atoms with Crippen LogP contribution in [-0.4, -0.2) is 23.5 Å². The molecule has 0 radical (unpaired) electrons. The van der Waals surface area contributed by atoms with E-state index in [4.69, 9.17) is 4.74 Å². The van der Waals surface area contributed by atoms with E-state index in [1.54, 1.807) is 49.5 Å². The molecule has 1 aromatic heterocycles. The first kappa shape index (κ1) is 17.5. The minimum atomic E-state index is -0.340. The standard InChI is InChI=1S/C18H21N3O3/c1-4-24-18(23)13-5-7-14(8-6-13)20-16-10-9-15(11-19-16)21-17(22)12(2)3/h5-12H,4H2,1-3H3,(H,19,20)(H,21,22). The Morgan fingerprint density at radius 1 is 1.08 bits per heavy atom. The molecule has 0 unspecified atom stereocenters. The number of aromatic nitrogens is 1. The normalized spacial score (nSPS) is 10.3. The van der Waals surface area contributed by atoms with E-state index in [1.807, 2.05) is 13.8 Å². The molecule has 6 nitrogen and oxygen atoms in total. The first-order valence-corrected chi connectivity index (χ1v) is 7.80. The summed E-state index contributed by atoms with van der Waals surface area (Å²) in [6, 6.07) is 10.5. The summed E-state index contributed by atoms with van der Waals surface area (Å²) in [7, 11) is 0. The molecule has 0 fully saturated rings. The van der Waals surface area contributed by atoms with Crippen molar-refractivity contribution in [2.24, 2.45) is 5.92 Å². The maximum absolute atomic E-state index is 11.6. The zero-order valence-electron chi connectivity index (χ0n) is 14.0. The molecular weight excluding hydrogens is 306 g/mol. The van der Waals surface area contributed by atoms with Gasteiger partial charge < -0.3 is 15.4 Å². The third-order valence-corrected chi connectivity index (χ3v) is 3.22. The number of amides is 1. The van der Waals surface area contributed by atoms with Crippen LogP contribution in [0.15, 0.2) is 42.6 Å². The summed E-state index contributed by atoms with van der Waals surface area (Å²) >= 11 is 0. The van der Waals surface area contributed by atoms with E-state index in [1.165, 1.54) is 0 Å². The van der Waals surface area contributed by atoms with Gasteiger partial charge in [0.15, 0.2) is 0 Å². The molecule has 126 valence electrons. The fourth-order valence-corrected chi connectivity index (χ4v) is 1.88. The molecule has 0 saturated heterocycles. The van der Waals surface area contributed by atoms with E-state index in [0.717, 1.165) is 5.69 Å². The van der Waals surface area contributed by atoms with Crippen LogP contribution < -0.4 is 10.6 Å². The maximum atomic E-state index is 11.6. The second-order valence-corrected chi connectivity index (χ2v) is 5.50. The third kappa shape index (κ3) is 4.81. The number of hydrogen-bond donors (Lipinski definition) is 2. The van der Waals surface area contributed by atoms with Gasteiger partial charge in [0.1, 0.15) is 5.82 Å². The average Bonchev–Trinajstić information content (AvgIpc) is 2.57. The van der Waals surface area contributed by atoms with Gasteiger partial charge >= 0.3 is 5.97 Å². The van der Waals surface area contributed by atoms with Gasteiger partial charge in [0, 0.05) is 11.6 Å². The molecule has 2 N–H and O–H groups in total. The zero-order valence-corrected chi connectivity index (χ0v) is 14.0. The first-order valence-electron chi connectivity index (χ1n) is 7.80. The van der Waals surface area contributed by atoms with Crippen LogP contribution in [0.25, 0.3) is 0 Å². The molecule has 0 aliphatic carbocycles. The Kier molecular flexibility index (Phi) is 5.89. The second-order valence-electron chi connectivity index (χ2n) is 5.50. The summed E-state index contributed by atoms with van der Waals surface area (Å²) in [5.74, 6) is 0.168. The largest absolute Gasteiger partial charge is 0.462 e. The van der Waals surface area contributed by atoms with Crippen LogP contribution in [0.2, 0.25) is 0 Å². The highest BCUT2D eigenvalue weighted by atomic mass is 16.5. The van der Waals surface area contributed by atoms with Crippen LogP contribution >= 0.6 is 0 Å². The number of nitrogens with zero attached hydrogens (tertiary/aromatic N) is 1. The lowest BCUT2D eigenvalue weighted by molar-refractivity contribution is -0.118. The maximum Gasteiger partial charge on any atom is 0.338 e. The van der Waals surface area contributed by atoms with Gasteiger partial charge in [0.05, 0.1) is 24.1 Å². The van der Waals surface area contributed by atoms with Crippen molar-refractivity contribution in [3.8, 4) is 0 Å². The Balaban J connectivity index is 1.98. The Hall–Kier alpha value is -2.89. The zero-order chi connectivity index (χ0) is 17.5. The van der Waals surface area contributed by atoms with Gasteiger partial charge in [0.25, 0.3) is 0 Å². The predicted octanol–water partition coefficient (Wildman–Crippen LogP) is 3.60. The summed E-state index contributed by atoms with van der Waals surface area (Å²) in [5.41, 5.74) is 1.95. The number of hydrogen-bond acceptors (Lipinski definition) is 5. The molecule has 2 aromatic rings. The third-order valence-electron chi connectivity index (χ3n) is 3.22. The van der Waals surface area contributed by atoms with Crippen LogP contribution in [0.3, 0.4) is 0 Å². The molecular formula is C18H21N3O3. The minimum Gasteiger partial charge on any atom is -0.462 e. The second kappa shape index (κ2) is 8.10. The van der Waals surface area contributed by atoms with Crippen molar-refractivity contribution >= 4 is 29.1 Å². The van der Waals surface area contributed by atoms with Crippen LogP contribution in [0.5, 0.6) is 0 Å². The van der Waals surface area contributed by atoms with Crippen molar-refractivity contribution in [2.45, 2.75) is 20.8 Å². The molecule has 1 amide bonds. The molecule has 0 bridgehead atoms. The van der Waals surface area contributed by atoms with E-state index in [9.17, 15) is 9.59 Å². The van der Waals surface area contributed by atoms with Gasteiger partial charge in [0.2, 0.25) is 5.91 Å². The summed E-state index contributed by atoms with van der Waals surface area (Å²) in [4.78, 5) is 27.5. The van der Waals surface area contributed by atoms with Crippen molar-refractivity contribution in [1.82, 2.24) is 4.98 Å². The summed E-state index contributed by atoms with van der Waals surface area (Å²) in [5, 5.41) is 5.91. The van der Waals surface area contributed by atoms with Gasteiger partial charge in [-0.25, -0.2) is 9.78 Å². The Bertz CT molecular complexity index is 694. The number of ether oxygens (including phenoxy) is 1. The Morgan fingerprint density at radius 2 is 1.75 bits per heavy atom. The monoisotopic (exact) mass is 327 g/mol. The van der Waals surface area contributed by atoms with Gasteiger partial charge in [-0.05, 0) is 43.3 Å². The van der Waals surface area contributed by atoms with Gasteiger partial charge in [-0.3, -0.25) is 4.79 Å². The average molecular weight is 327 g/mol. The number of pyridine rings is 1. The van der Waals surface area contributed by atoms with E-state index < -0.39 is 0 Å². The van der Waals surface area contributed by atoms with E-state index in [-0.39, 0.29) is 17.8 Å². The van der Waals surface area contributed by atoms with E-state index >= 15 is 0 Å². The summed E-state index contributed by atoms with van der Waals surface area (Å²) in [6.45, 7) is 5.78. The van der Waals surface area contributed by atoms with Crippen LogP contribution in [0.1, 0.15) is 31.1 Å². The SMILES string of the molecule is CCOC(=O)c1ccc(Nc2ccc(NC(=O)C(C)C)cn2)cc1. The molecule has 0 aliphatic heterocycles. The number of anilines is 3. The fraction of sp³-hybridized carbons (Fsp3) is 0.278. The molecule has 2 rings (SSSR count). The molecule has 1 heterocycles. The number of benzene rings is 1. The fourth-order valence-electron chi connectivity index (χ4n) is 1.88. The number of carbonyl (C=O) groups excluding carboxylic acids is 2. The van der Waals surface area contributed by atoms with Crippen molar-refractivity contribution in [1.29, 1.82) is 0 Å².